The third-order valence-corrected chi connectivity index (χ3v) is 4.59. The molecule has 0 saturated carbocycles. The van der Waals surface area contributed by atoms with E-state index in [0.29, 0.717) is 6.42 Å². The van der Waals surface area contributed by atoms with Crippen molar-refractivity contribution >= 4 is 23.2 Å². The van der Waals surface area contributed by atoms with Gasteiger partial charge in [0.25, 0.3) is 11.6 Å². The molecule has 1 amide bonds. The molecule has 0 bridgehead atoms. The Morgan fingerprint density at radius 1 is 1.33 bits per heavy atom. The van der Waals surface area contributed by atoms with Crippen molar-refractivity contribution in [1.29, 1.82) is 0 Å². The average molecular weight is 347 g/mol. The highest BCUT2D eigenvalue weighted by atomic mass is 35.5. The second kappa shape index (κ2) is 6.22. The number of benzene rings is 2. The van der Waals surface area contributed by atoms with E-state index < -0.39 is 16.4 Å². The van der Waals surface area contributed by atoms with Crippen molar-refractivity contribution in [2.24, 2.45) is 0 Å². The standard InChI is InChI=1S/C17H15ClN2O4/c18-14-6-5-12(9-15(14)20(23)24)16(21)19-10-17(22)8-7-11-3-1-2-4-13(11)17/h1-6,9,22H,7-8,10H2,(H,19,21). The van der Waals surface area contributed by atoms with Crippen LogP contribution in [0.3, 0.4) is 0 Å². The number of amides is 1. The number of carbonyl (C=O) groups is 1. The van der Waals surface area contributed by atoms with Gasteiger partial charge in [0.05, 0.1) is 11.5 Å². The minimum Gasteiger partial charge on any atom is -0.383 e. The smallest absolute Gasteiger partial charge is 0.288 e. The Balaban J connectivity index is 1.75. The van der Waals surface area contributed by atoms with Gasteiger partial charge in [-0.05, 0) is 36.1 Å². The number of nitrogens with zero attached hydrogens (tertiary/aromatic N) is 1. The summed E-state index contributed by atoms with van der Waals surface area (Å²) in [6, 6.07) is 11.4. The fourth-order valence-corrected chi connectivity index (χ4v) is 3.16. The van der Waals surface area contributed by atoms with E-state index in [-0.39, 0.29) is 22.8 Å². The topological polar surface area (TPSA) is 92.5 Å². The largest absolute Gasteiger partial charge is 0.383 e. The number of aliphatic hydroxyl groups is 1. The molecule has 6 nitrogen and oxygen atoms in total. The number of aryl methyl sites for hydroxylation is 1. The highest BCUT2D eigenvalue weighted by molar-refractivity contribution is 6.32. The summed E-state index contributed by atoms with van der Waals surface area (Å²) in [4.78, 5) is 22.5. The maximum atomic E-state index is 12.3. The van der Waals surface area contributed by atoms with Crippen LogP contribution in [0.4, 0.5) is 5.69 Å². The predicted octanol–water partition coefficient (Wildman–Crippen LogP) is 2.81. The molecule has 0 saturated heterocycles. The Morgan fingerprint density at radius 3 is 2.83 bits per heavy atom. The van der Waals surface area contributed by atoms with Gasteiger partial charge in [-0.2, -0.15) is 0 Å². The fraction of sp³-hybridized carbons (Fsp3) is 0.235. The minimum atomic E-state index is -1.12. The van der Waals surface area contributed by atoms with Gasteiger partial charge in [0, 0.05) is 11.6 Å². The summed E-state index contributed by atoms with van der Waals surface area (Å²) in [6.45, 7) is 0.0409. The second-order valence-electron chi connectivity index (χ2n) is 5.79. The number of hydrogen-bond acceptors (Lipinski definition) is 4. The van der Waals surface area contributed by atoms with Crippen LogP contribution in [0.15, 0.2) is 42.5 Å². The number of rotatable bonds is 4. The number of hydrogen-bond donors (Lipinski definition) is 2. The van der Waals surface area contributed by atoms with Crippen LogP contribution in [0.1, 0.15) is 27.9 Å². The van der Waals surface area contributed by atoms with Crippen molar-refractivity contribution in [3.05, 3.63) is 74.3 Å². The molecule has 124 valence electrons. The number of nitro groups is 1. The van der Waals surface area contributed by atoms with Gasteiger partial charge in [0.15, 0.2) is 0 Å². The van der Waals surface area contributed by atoms with Crippen LogP contribution in [-0.2, 0) is 12.0 Å². The van der Waals surface area contributed by atoms with E-state index in [0.717, 1.165) is 23.6 Å². The molecule has 2 N–H and O–H groups in total. The lowest BCUT2D eigenvalue weighted by atomic mass is 9.96. The van der Waals surface area contributed by atoms with Gasteiger partial charge in [-0.3, -0.25) is 14.9 Å². The Labute approximate surface area is 143 Å². The molecule has 0 spiro atoms. The Kier molecular flexibility index (Phi) is 4.26. The highest BCUT2D eigenvalue weighted by Crippen LogP contribution is 2.36. The van der Waals surface area contributed by atoms with Crippen molar-refractivity contribution in [3.8, 4) is 0 Å². The van der Waals surface area contributed by atoms with Crippen molar-refractivity contribution in [1.82, 2.24) is 5.32 Å². The summed E-state index contributed by atoms with van der Waals surface area (Å²) in [5.41, 5.74) is 0.559. The summed E-state index contributed by atoms with van der Waals surface area (Å²) < 4.78 is 0. The van der Waals surface area contributed by atoms with Crippen LogP contribution in [0.25, 0.3) is 0 Å². The molecule has 1 unspecified atom stereocenters. The van der Waals surface area contributed by atoms with Gasteiger partial charge in [0.1, 0.15) is 10.6 Å². The predicted molar refractivity (Wildman–Crippen MR) is 89.1 cm³/mol. The third kappa shape index (κ3) is 2.98. The minimum absolute atomic E-state index is 0.0279. The van der Waals surface area contributed by atoms with Crippen LogP contribution in [0.2, 0.25) is 5.02 Å². The van der Waals surface area contributed by atoms with Crippen molar-refractivity contribution in [2.75, 3.05) is 6.54 Å². The van der Waals surface area contributed by atoms with E-state index in [2.05, 4.69) is 5.32 Å². The van der Waals surface area contributed by atoms with Crippen LogP contribution >= 0.6 is 11.6 Å². The molecule has 3 rings (SSSR count). The maximum Gasteiger partial charge on any atom is 0.288 e. The lowest BCUT2D eigenvalue weighted by molar-refractivity contribution is -0.384. The van der Waals surface area contributed by atoms with Gasteiger partial charge < -0.3 is 10.4 Å². The summed E-state index contributed by atoms with van der Waals surface area (Å²) in [5, 5.41) is 24.3. The summed E-state index contributed by atoms with van der Waals surface area (Å²) in [7, 11) is 0. The van der Waals surface area contributed by atoms with Crippen molar-refractivity contribution in [3.63, 3.8) is 0 Å². The van der Waals surface area contributed by atoms with Gasteiger partial charge in [-0.1, -0.05) is 35.9 Å². The molecule has 1 atom stereocenters. The van der Waals surface area contributed by atoms with Crippen molar-refractivity contribution < 1.29 is 14.8 Å². The average Bonchev–Trinajstić information content (AvgIpc) is 2.91. The Morgan fingerprint density at radius 2 is 2.08 bits per heavy atom. The first-order valence-electron chi connectivity index (χ1n) is 7.44. The highest BCUT2D eigenvalue weighted by Gasteiger charge is 2.36. The molecule has 0 aliphatic heterocycles. The zero-order valence-corrected chi connectivity index (χ0v) is 13.4. The van der Waals surface area contributed by atoms with E-state index in [1.54, 1.807) is 0 Å². The first-order chi connectivity index (χ1) is 11.4. The number of carbonyl (C=O) groups excluding carboxylic acids is 1. The maximum absolute atomic E-state index is 12.3. The van der Waals surface area contributed by atoms with Crippen LogP contribution in [0.5, 0.6) is 0 Å². The molecule has 0 aromatic heterocycles. The summed E-state index contributed by atoms with van der Waals surface area (Å²) >= 11 is 5.74. The van der Waals surface area contributed by atoms with Crippen LogP contribution in [0, 0.1) is 10.1 Å². The zero-order valence-electron chi connectivity index (χ0n) is 12.7. The third-order valence-electron chi connectivity index (χ3n) is 4.27. The van der Waals surface area contributed by atoms with Gasteiger partial charge in [-0.15, -0.1) is 0 Å². The second-order valence-corrected chi connectivity index (χ2v) is 6.20. The molecule has 2 aromatic rings. The monoisotopic (exact) mass is 346 g/mol. The molecule has 1 aliphatic carbocycles. The van der Waals surface area contributed by atoms with Crippen LogP contribution in [-0.4, -0.2) is 22.5 Å². The molecular formula is C17H15ClN2O4. The number of halogens is 1. The quantitative estimate of drug-likeness (QED) is 0.657. The fourth-order valence-electron chi connectivity index (χ4n) is 2.97. The SMILES string of the molecule is O=C(NCC1(O)CCc2ccccc21)c1ccc(Cl)c([N+](=O)[O-])c1. The molecule has 7 heteroatoms. The first-order valence-corrected chi connectivity index (χ1v) is 7.81. The van der Waals surface area contributed by atoms with E-state index in [1.807, 2.05) is 24.3 Å². The van der Waals surface area contributed by atoms with Crippen LogP contribution < -0.4 is 5.32 Å². The normalized spacial score (nSPS) is 18.9. The van der Waals surface area contributed by atoms with Gasteiger partial charge >= 0.3 is 0 Å². The van der Waals surface area contributed by atoms with Gasteiger partial charge in [0.2, 0.25) is 0 Å². The van der Waals surface area contributed by atoms with E-state index in [1.165, 1.54) is 12.1 Å². The first kappa shape index (κ1) is 16.4. The Hall–Kier alpha value is -2.44. The molecule has 1 aliphatic rings. The molecular weight excluding hydrogens is 332 g/mol. The Bertz CT molecular complexity index is 824. The van der Waals surface area contributed by atoms with Gasteiger partial charge in [-0.25, -0.2) is 0 Å². The number of nitrogens with one attached hydrogen (secondary N) is 1. The molecule has 2 aromatic carbocycles. The van der Waals surface area contributed by atoms with Crippen molar-refractivity contribution in [2.45, 2.75) is 18.4 Å². The summed E-state index contributed by atoms with van der Waals surface area (Å²) in [6.07, 6.45) is 1.27. The molecule has 0 heterocycles. The molecule has 0 radical (unpaired) electrons. The summed E-state index contributed by atoms with van der Waals surface area (Å²) in [5.74, 6) is -0.493. The van der Waals surface area contributed by atoms with E-state index in [9.17, 15) is 20.0 Å². The van der Waals surface area contributed by atoms with E-state index in [4.69, 9.17) is 11.6 Å². The number of nitro benzene ring substituents is 1. The molecule has 0 fully saturated rings. The van der Waals surface area contributed by atoms with E-state index >= 15 is 0 Å². The molecule has 24 heavy (non-hydrogen) atoms. The lowest BCUT2D eigenvalue weighted by Gasteiger charge is -2.24. The zero-order chi connectivity index (χ0) is 17.3. The number of fused-ring (bicyclic) bond motifs is 1. The lowest BCUT2D eigenvalue weighted by Crippen LogP contribution is -2.39.